The SMILES string of the molecule is O=C(CN1CCOC(c2ccccc2Cl)C1)Nc1ccc(Br)cc1. The van der Waals surface area contributed by atoms with Gasteiger partial charge in [-0.3, -0.25) is 9.69 Å². The summed E-state index contributed by atoms with van der Waals surface area (Å²) in [6.07, 6.45) is -0.104. The molecule has 0 radical (unpaired) electrons. The fourth-order valence-corrected chi connectivity index (χ4v) is 3.23. The highest BCUT2D eigenvalue weighted by Crippen LogP contribution is 2.28. The summed E-state index contributed by atoms with van der Waals surface area (Å²) in [5.41, 5.74) is 1.76. The fraction of sp³-hybridized carbons (Fsp3) is 0.278. The van der Waals surface area contributed by atoms with E-state index in [9.17, 15) is 4.79 Å². The molecule has 0 saturated carbocycles. The predicted octanol–water partition coefficient (Wildman–Crippen LogP) is 4.11. The Bertz CT molecular complexity index is 708. The normalized spacial score (nSPS) is 18.3. The van der Waals surface area contributed by atoms with Crippen LogP contribution in [-0.2, 0) is 9.53 Å². The fourth-order valence-electron chi connectivity index (χ4n) is 2.71. The maximum absolute atomic E-state index is 12.2. The summed E-state index contributed by atoms with van der Waals surface area (Å²) in [4.78, 5) is 14.3. The maximum Gasteiger partial charge on any atom is 0.238 e. The molecule has 0 aromatic heterocycles. The van der Waals surface area contributed by atoms with Crippen LogP contribution < -0.4 is 5.32 Å². The Labute approximate surface area is 154 Å². The van der Waals surface area contributed by atoms with Gasteiger partial charge in [-0.25, -0.2) is 0 Å². The number of nitrogens with zero attached hydrogens (tertiary/aromatic N) is 1. The van der Waals surface area contributed by atoms with Crippen molar-refractivity contribution < 1.29 is 9.53 Å². The van der Waals surface area contributed by atoms with Gasteiger partial charge in [0.25, 0.3) is 0 Å². The highest BCUT2D eigenvalue weighted by molar-refractivity contribution is 9.10. The number of hydrogen-bond acceptors (Lipinski definition) is 3. The van der Waals surface area contributed by atoms with Crippen LogP contribution in [0.3, 0.4) is 0 Å². The lowest BCUT2D eigenvalue weighted by Crippen LogP contribution is -2.42. The molecule has 1 aliphatic rings. The number of anilines is 1. The molecule has 1 heterocycles. The molecule has 1 N–H and O–H groups in total. The van der Waals surface area contributed by atoms with Crippen molar-refractivity contribution in [2.45, 2.75) is 6.10 Å². The quantitative estimate of drug-likeness (QED) is 0.826. The molecule has 2 aromatic carbocycles. The minimum absolute atomic E-state index is 0.0304. The number of benzene rings is 2. The molecule has 0 bridgehead atoms. The van der Waals surface area contributed by atoms with E-state index in [1.165, 1.54) is 0 Å². The van der Waals surface area contributed by atoms with Gasteiger partial charge >= 0.3 is 0 Å². The maximum atomic E-state index is 12.2. The number of hydrogen-bond donors (Lipinski definition) is 1. The van der Waals surface area contributed by atoms with Crippen LogP contribution in [0.4, 0.5) is 5.69 Å². The van der Waals surface area contributed by atoms with Gasteiger partial charge in [0.1, 0.15) is 0 Å². The van der Waals surface area contributed by atoms with Crippen LogP contribution in [0.5, 0.6) is 0 Å². The number of amides is 1. The third-order valence-electron chi connectivity index (χ3n) is 3.90. The largest absolute Gasteiger partial charge is 0.371 e. The van der Waals surface area contributed by atoms with Crippen molar-refractivity contribution in [3.05, 3.63) is 63.6 Å². The van der Waals surface area contributed by atoms with Gasteiger partial charge in [-0.2, -0.15) is 0 Å². The first kappa shape index (κ1) is 17.4. The van der Waals surface area contributed by atoms with E-state index in [0.29, 0.717) is 24.7 Å². The van der Waals surface area contributed by atoms with E-state index in [-0.39, 0.29) is 12.0 Å². The molecule has 2 aromatic rings. The highest BCUT2D eigenvalue weighted by atomic mass is 79.9. The van der Waals surface area contributed by atoms with Crippen molar-refractivity contribution in [3.63, 3.8) is 0 Å². The minimum atomic E-state index is -0.104. The number of ether oxygens (including phenoxy) is 1. The first-order chi connectivity index (χ1) is 11.6. The van der Waals surface area contributed by atoms with Crippen molar-refractivity contribution in [2.24, 2.45) is 0 Å². The molecule has 0 aliphatic carbocycles. The van der Waals surface area contributed by atoms with E-state index in [2.05, 4.69) is 26.1 Å². The van der Waals surface area contributed by atoms with Crippen molar-refractivity contribution in [1.29, 1.82) is 0 Å². The van der Waals surface area contributed by atoms with Crippen molar-refractivity contribution in [1.82, 2.24) is 4.90 Å². The molecular weight excluding hydrogens is 392 g/mol. The number of morpholine rings is 1. The lowest BCUT2D eigenvalue weighted by molar-refractivity contribution is -0.119. The van der Waals surface area contributed by atoms with Gasteiger partial charge in [0, 0.05) is 33.8 Å². The van der Waals surface area contributed by atoms with Crippen LogP contribution in [0.25, 0.3) is 0 Å². The molecule has 3 rings (SSSR count). The van der Waals surface area contributed by atoms with Crippen LogP contribution in [0, 0.1) is 0 Å². The Balaban J connectivity index is 1.58. The summed E-state index contributed by atoms with van der Waals surface area (Å²) < 4.78 is 6.81. The Morgan fingerprint density at radius 2 is 2.00 bits per heavy atom. The van der Waals surface area contributed by atoms with Crippen molar-refractivity contribution in [3.8, 4) is 0 Å². The number of carbonyl (C=O) groups is 1. The molecule has 6 heteroatoms. The van der Waals surface area contributed by atoms with Gasteiger partial charge in [-0.1, -0.05) is 45.7 Å². The molecule has 1 saturated heterocycles. The van der Waals surface area contributed by atoms with Gasteiger partial charge in [-0.05, 0) is 30.3 Å². The average molecular weight is 410 g/mol. The van der Waals surface area contributed by atoms with Crippen LogP contribution in [0.1, 0.15) is 11.7 Å². The highest BCUT2D eigenvalue weighted by Gasteiger charge is 2.24. The first-order valence-electron chi connectivity index (χ1n) is 7.75. The summed E-state index contributed by atoms with van der Waals surface area (Å²) in [5.74, 6) is -0.0304. The van der Waals surface area contributed by atoms with E-state index in [4.69, 9.17) is 16.3 Å². The zero-order chi connectivity index (χ0) is 16.9. The van der Waals surface area contributed by atoms with E-state index in [1.54, 1.807) is 0 Å². The zero-order valence-electron chi connectivity index (χ0n) is 13.0. The molecule has 4 nitrogen and oxygen atoms in total. The van der Waals surface area contributed by atoms with Gasteiger partial charge < -0.3 is 10.1 Å². The van der Waals surface area contributed by atoms with Crippen LogP contribution in [-0.4, -0.2) is 37.0 Å². The second-order valence-electron chi connectivity index (χ2n) is 5.67. The molecule has 1 aliphatic heterocycles. The summed E-state index contributed by atoms with van der Waals surface area (Å²) in [5, 5.41) is 3.61. The Hall–Kier alpha value is -1.40. The average Bonchev–Trinajstić information content (AvgIpc) is 2.57. The summed E-state index contributed by atoms with van der Waals surface area (Å²) in [7, 11) is 0. The second kappa shape index (κ2) is 8.12. The lowest BCUT2D eigenvalue weighted by Gasteiger charge is -2.33. The molecule has 0 spiro atoms. The van der Waals surface area contributed by atoms with Gasteiger partial charge in [0.2, 0.25) is 5.91 Å². The molecule has 1 fully saturated rings. The molecule has 24 heavy (non-hydrogen) atoms. The van der Waals surface area contributed by atoms with Gasteiger partial charge in [0.05, 0.1) is 19.3 Å². The summed E-state index contributed by atoms with van der Waals surface area (Å²) in [6.45, 7) is 2.30. The number of nitrogens with one attached hydrogen (secondary N) is 1. The van der Waals surface area contributed by atoms with Crippen molar-refractivity contribution in [2.75, 3.05) is 31.6 Å². The Morgan fingerprint density at radius 3 is 2.75 bits per heavy atom. The zero-order valence-corrected chi connectivity index (χ0v) is 15.4. The molecular formula is C18H18BrClN2O2. The van der Waals surface area contributed by atoms with Crippen LogP contribution in [0.2, 0.25) is 5.02 Å². The number of carbonyl (C=O) groups excluding carboxylic acids is 1. The van der Waals surface area contributed by atoms with E-state index < -0.39 is 0 Å². The summed E-state index contributed by atoms with van der Waals surface area (Å²) in [6, 6.07) is 15.2. The van der Waals surface area contributed by atoms with Crippen molar-refractivity contribution >= 4 is 39.1 Å². The third kappa shape index (κ3) is 4.57. The monoisotopic (exact) mass is 408 g/mol. The number of halogens is 2. The van der Waals surface area contributed by atoms with Crippen LogP contribution >= 0.6 is 27.5 Å². The van der Waals surface area contributed by atoms with Gasteiger partial charge in [0.15, 0.2) is 0 Å². The predicted molar refractivity (Wildman–Crippen MR) is 99.4 cm³/mol. The lowest BCUT2D eigenvalue weighted by atomic mass is 10.1. The first-order valence-corrected chi connectivity index (χ1v) is 8.93. The molecule has 126 valence electrons. The Kier molecular flexibility index (Phi) is 5.89. The smallest absolute Gasteiger partial charge is 0.238 e. The second-order valence-corrected chi connectivity index (χ2v) is 6.99. The third-order valence-corrected chi connectivity index (χ3v) is 4.77. The Morgan fingerprint density at radius 1 is 1.25 bits per heavy atom. The van der Waals surface area contributed by atoms with E-state index >= 15 is 0 Å². The standard InChI is InChI=1S/C18H18BrClN2O2/c19-13-5-7-14(8-6-13)21-18(23)12-22-9-10-24-17(11-22)15-3-1-2-4-16(15)20/h1-8,17H,9-12H2,(H,21,23). The topological polar surface area (TPSA) is 41.6 Å². The van der Waals surface area contributed by atoms with E-state index in [0.717, 1.165) is 22.3 Å². The summed E-state index contributed by atoms with van der Waals surface area (Å²) >= 11 is 9.63. The number of rotatable bonds is 4. The molecule has 1 atom stereocenters. The van der Waals surface area contributed by atoms with E-state index in [1.807, 2.05) is 48.5 Å². The molecule has 1 amide bonds. The van der Waals surface area contributed by atoms with Gasteiger partial charge in [-0.15, -0.1) is 0 Å². The molecule has 1 unspecified atom stereocenters. The minimum Gasteiger partial charge on any atom is -0.371 e. The van der Waals surface area contributed by atoms with Crippen LogP contribution in [0.15, 0.2) is 53.0 Å².